The Bertz CT molecular complexity index is 1160. The standard InChI is InChI=1S/C22H13F3O2/c23-22(24,25)17-13-7-12-16-18(14-8-3-1-4-9-14)20(27-21(26)19(16)17)15-10-5-2-6-11-15/h1-13H. The van der Waals surface area contributed by atoms with E-state index in [1.54, 1.807) is 48.5 Å². The van der Waals surface area contributed by atoms with Gasteiger partial charge in [0.15, 0.2) is 0 Å². The maximum atomic E-state index is 13.5. The highest BCUT2D eigenvalue weighted by Gasteiger charge is 2.34. The van der Waals surface area contributed by atoms with Gasteiger partial charge in [-0.05, 0) is 11.6 Å². The molecule has 1 heterocycles. The molecule has 0 amide bonds. The number of fused-ring (bicyclic) bond motifs is 1. The molecule has 0 spiro atoms. The summed E-state index contributed by atoms with van der Waals surface area (Å²) >= 11 is 0. The van der Waals surface area contributed by atoms with Gasteiger partial charge in [-0.25, -0.2) is 4.79 Å². The number of hydrogen-bond acceptors (Lipinski definition) is 2. The predicted molar refractivity (Wildman–Crippen MR) is 98.4 cm³/mol. The average molecular weight is 366 g/mol. The van der Waals surface area contributed by atoms with Gasteiger partial charge in [0.2, 0.25) is 0 Å². The highest BCUT2D eigenvalue weighted by Crippen LogP contribution is 2.40. The third-order valence-electron chi connectivity index (χ3n) is 4.36. The van der Waals surface area contributed by atoms with E-state index < -0.39 is 22.8 Å². The molecule has 0 fully saturated rings. The van der Waals surface area contributed by atoms with Crippen LogP contribution >= 0.6 is 0 Å². The summed E-state index contributed by atoms with van der Waals surface area (Å²) in [5, 5.41) is -0.241. The molecule has 5 heteroatoms. The van der Waals surface area contributed by atoms with Crippen molar-refractivity contribution in [3.05, 3.63) is 94.8 Å². The first-order valence-electron chi connectivity index (χ1n) is 8.24. The van der Waals surface area contributed by atoms with Crippen LogP contribution in [-0.4, -0.2) is 0 Å². The summed E-state index contributed by atoms with van der Waals surface area (Å²) in [5.74, 6) is 0.249. The Morgan fingerprint density at radius 3 is 1.89 bits per heavy atom. The van der Waals surface area contributed by atoms with Crippen LogP contribution in [0.25, 0.3) is 33.2 Å². The highest BCUT2D eigenvalue weighted by molar-refractivity contribution is 6.02. The van der Waals surface area contributed by atoms with Gasteiger partial charge in [-0.2, -0.15) is 13.2 Å². The maximum Gasteiger partial charge on any atom is 0.417 e. The van der Waals surface area contributed by atoms with Crippen LogP contribution in [0.2, 0.25) is 0 Å². The molecule has 0 unspecified atom stereocenters. The molecule has 0 aliphatic heterocycles. The van der Waals surface area contributed by atoms with Crippen LogP contribution < -0.4 is 5.63 Å². The summed E-state index contributed by atoms with van der Waals surface area (Å²) in [6.45, 7) is 0. The number of rotatable bonds is 2. The highest BCUT2D eigenvalue weighted by atomic mass is 19.4. The number of alkyl halides is 3. The smallest absolute Gasteiger partial charge is 0.417 e. The van der Waals surface area contributed by atoms with Gasteiger partial charge in [-0.1, -0.05) is 72.8 Å². The molecule has 0 N–H and O–H groups in total. The first-order valence-corrected chi connectivity index (χ1v) is 8.24. The van der Waals surface area contributed by atoms with Crippen LogP contribution in [0.1, 0.15) is 5.56 Å². The molecule has 0 aliphatic carbocycles. The fourth-order valence-electron chi connectivity index (χ4n) is 3.22. The van der Waals surface area contributed by atoms with Crippen LogP contribution in [-0.2, 0) is 6.18 Å². The van der Waals surface area contributed by atoms with Crippen molar-refractivity contribution in [3.63, 3.8) is 0 Å². The Kier molecular flexibility index (Phi) is 4.07. The minimum Gasteiger partial charge on any atom is -0.422 e. The maximum absolute atomic E-state index is 13.5. The zero-order valence-electron chi connectivity index (χ0n) is 14.0. The molecule has 1 aromatic heterocycles. The lowest BCUT2D eigenvalue weighted by Gasteiger charge is -2.15. The Morgan fingerprint density at radius 2 is 1.30 bits per heavy atom. The molecule has 0 radical (unpaired) electrons. The van der Waals surface area contributed by atoms with Crippen LogP contribution in [0.5, 0.6) is 0 Å². The third-order valence-corrected chi connectivity index (χ3v) is 4.36. The van der Waals surface area contributed by atoms with Crippen molar-refractivity contribution in [1.82, 2.24) is 0 Å². The molecule has 2 nitrogen and oxygen atoms in total. The minimum atomic E-state index is -4.66. The average Bonchev–Trinajstić information content (AvgIpc) is 2.68. The van der Waals surface area contributed by atoms with Gasteiger partial charge in [0.05, 0.1) is 10.9 Å². The molecule has 134 valence electrons. The Hall–Kier alpha value is -3.34. The first-order chi connectivity index (χ1) is 13.0. The molecule has 27 heavy (non-hydrogen) atoms. The zero-order valence-corrected chi connectivity index (χ0v) is 14.0. The molecule has 0 aliphatic rings. The van der Waals surface area contributed by atoms with Crippen molar-refractivity contribution >= 4 is 10.8 Å². The molecule has 4 rings (SSSR count). The van der Waals surface area contributed by atoms with Gasteiger partial charge in [-0.3, -0.25) is 0 Å². The molecule has 0 saturated carbocycles. The van der Waals surface area contributed by atoms with E-state index in [1.807, 2.05) is 12.1 Å². The van der Waals surface area contributed by atoms with E-state index in [0.29, 0.717) is 16.7 Å². The molecule has 0 saturated heterocycles. The molecular formula is C22H13F3O2. The van der Waals surface area contributed by atoms with Gasteiger partial charge < -0.3 is 4.42 Å². The van der Waals surface area contributed by atoms with Crippen molar-refractivity contribution in [2.45, 2.75) is 6.18 Å². The van der Waals surface area contributed by atoms with Crippen molar-refractivity contribution in [1.29, 1.82) is 0 Å². The van der Waals surface area contributed by atoms with E-state index >= 15 is 0 Å². The van der Waals surface area contributed by atoms with Crippen LogP contribution in [0.3, 0.4) is 0 Å². The minimum absolute atomic E-state index is 0.214. The van der Waals surface area contributed by atoms with E-state index in [4.69, 9.17) is 4.42 Å². The number of hydrogen-bond donors (Lipinski definition) is 0. The van der Waals surface area contributed by atoms with Crippen molar-refractivity contribution < 1.29 is 17.6 Å². The number of benzene rings is 3. The summed E-state index contributed by atoms with van der Waals surface area (Å²) in [6.07, 6.45) is -4.66. The Balaban J connectivity index is 2.19. The van der Waals surface area contributed by atoms with Gasteiger partial charge in [0.25, 0.3) is 0 Å². The monoisotopic (exact) mass is 366 g/mol. The van der Waals surface area contributed by atoms with E-state index in [-0.39, 0.29) is 11.1 Å². The van der Waals surface area contributed by atoms with E-state index in [2.05, 4.69) is 0 Å². The second-order valence-corrected chi connectivity index (χ2v) is 6.05. The van der Waals surface area contributed by atoms with E-state index in [1.165, 1.54) is 12.1 Å². The first kappa shape index (κ1) is 17.1. The van der Waals surface area contributed by atoms with Gasteiger partial charge >= 0.3 is 11.8 Å². The number of halogens is 3. The lowest BCUT2D eigenvalue weighted by Crippen LogP contribution is -2.12. The van der Waals surface area contributed by atoms with Gasteiger partial charge in [0.1, 0.15) is 5.76 Å². The van der Waals surface area contributed by atoms with Crippen molar-refractivity contribution in [3.8, 4) is 22.5 Å². The molecule has 4 aromatic rings. The van der Waals surface area contributed by atoms with E-state index in [0.717, 1.165) is 6.07 Å². The molecule has 3 aromatic carbocycles. The van der Waals surface area contributed by atoms with E-state index in [9.17, 15) is 18.0 Å². The fraction of sp³-hybridized carbons (Fsp3) is 0.0455. The molecule has 0 atom stereocenters. The normalized spacial score (nSPS) is 11.7. The summed E-state index contributed by atoms with van der Waals surface area (Å²) in [6, 6.07) is 21.6. The van der Waals surface area contributed by atoms with Gasteiger partial charge in [0, 0.05) is 16.5 Å². The predicted octanol–water partition coefficient (Wildman–Crippen LogP) is 6.15. The van der Waals surface area contributed by atoms with Crippen LogP contribution in [0, 0.1) is 0 Å². The van der Waals surface area contributed by atoms with Crippen LogP contribution in [0.4, 0.5) is 13.2 Å². The summed E-state index contributed by atoms with van der Waals surface area (Å²) < 4.78 is 45.9. The SMILES string of the molecule is O=c1oc(-c2ccccc2)c(-c2ccccc2)c2cccc(C(F)(F)F)c12. The molecule has 0 bridgehead atoms. The Morgan fingerprint density at radius 1 is 0.704 bits per heavy atom. The third kappa shape index (κ3) is 3.01. The quantitative estimate of drug-likeness (QED) is 0.426. The molecular weight excluding hydrogens is 353 g/mol. The topological polar surface area (TPSA) is 30.2 Å². The summed E-state index contributed by atoms with van der Waals surface area (Å²) in [7, 11) is 0. The van der Waals surface area contributed by atoms with Gasteiger partial charge in [-0.15, -0.1) is 0 Å². The van der Waals surface area contributed by atoms with Crippen molar-refractivity contribution in [2.75, 3.05) is 0 Å². The van der Waals surface area contributed by atoms with Crippen LogP contribution in [0.15, 0.2) is 88.1 Å². The second-order valence-electron chi connectivity index (χ2n) is 6.05. The second kappa shape index (κ2) is 6.43. The fourth-order valence-corrected chi connectivity index (χ4v) is 3.22. The Labute approximate surface area is 152 Å². The summed E-state index contributed by atoms with van der Waals surface area (Å²) in [5.41, 5.74) is -0.248. The largest absolute Gasteiger partial charge is 0.422 e. The lowest BCUT2D eigenvalue weighted by molar-refractivity contribution is -0.136. The lowest BCUT2D eigenvalue weighted by atomic mass is 9.93. The zero-order chi connectivity index (χ0) is 19.0. The van der Waals surface area contributed by atoms with Crippen molar-refractivity contribution in [2.24, 2.45) is 0 Å². The summed E-state index contributed by atoms with van der Waals surface area (Å²) in [4.78, 5) is 12.6.